The maximum absolute atomic E-state index is 12.8. The van der Waals surface area contributed by atoms with Crippen molar-refractivity contribution in [3.63, 3.8) is 0 Å². The molecule has 3 N–H and O–H groups in total. The SMILES string of the molecule is Nc1cccc(-c2cccc(C(=O)NCc3cccc(C(F)(F)F)c3)c2)c1. The number of rotatable bonds is 4. The molecule has 0 spiro atoms. The summed E-state index contributed by atoms with van der Waals surface area (Å²) in [7, 11) is 0. The molecule has 0 aromatic heterocycles. The van der Waals surface area contributed by atoms with Gasteiger partial charge in [-0.1, -0.05) is 36.4 Å². The first-order chi connectivity index (χ1) is 12.8. The average molecular weight is 370 g/mol. The molecule has 0 atom stereocenters. The lowest BCUT2D eigenvalue weighted by Crippen LogP contribution is -2.23. The molecule has 138 valence electrons. The summed E-state index contributed by atoms with van der Waals surface area (Å²) in [6.45, 7) is 0.00522. The summed E-state index contributed by atoms with van der Waals surface area (Å²) >= 11 is 0. The minimum absolute atomic E-state index is 0.00522. The van der Waals surface area contributed by atoms with Crippen LogP contribution in [0.25, 0.3) is 11.1 Å². The maximum atomic E-state index is 12.8. The van der Waals surface area contributed by atoms with Crippen LogP contribution in [0.3, 0.4) is 0 Å². The normalized spacial score (nSPS) is 11.2. The van der Waals surface area contributed by atoms with Gasteiger partial charge in [0.15, 0.2) is 0 Å². The highest BCUT2D eigenvalue weighted by atomic mass is 19.4. The summed E-state index contributed by atoms with van der Waals surface area (Å²) in [6, 6.07) is 19.2. The van der Waals surface area contributed by atoms with Crippen LogP contribution in [0.15, 0.2) is 72.8 Å². The number of anilines is 1. The van der Waals surface area contributed by atoms with Crippen molar-refractivity contribution in [1.29, 1.82) is 0 Å². The summed E-state index contributed by atoms with van der Waals surface area (Å²) in [5.41, 5.74) is 8.17. The Balaban J connectivity index is 1.73. The Morgan fingerprint density at radius 2 is 1.56 bits per heavy atom. The largest absolute Gasteiger partial charge is 0.416 e. The van der Waals surface area contributed by atoms with E-state index in [-0.39, 0.29) is 12.5 Å². The first-order valence-corrected chi connectivity index (χ1v) is 8.23. The molecule has 0 aliphatic heterocycles. The van der Waals surface area contributed by atoms with Crippen LogP contribution in [0.5, 0.6) is 0 Å². The molecule has 0 radical (unpaired) electrons. The molecule has 3 nitrogen and oxygen atoms in total. The van der Waals surface area contributed by atoms with Crippen LogP contribution < -0.4 is 11.1 Å². The predicted molar refractivity (Wildman–Crippen MR) is 98.9 cm³/mol. The van der Waals surface area contributed by atoms with Crippen LogP contribution in [-0.2, 0) is 12.7 Å². The number of halogens is 3. The van der Waals surface area contributed by atoms with Gasteiger partial charge in [-0.05, 0) is 53.1 Å². The highest BCUT2D eigenvalue weighted by Gasteiger charge is 2.30. The molecule has 0 heterocycles. The smallest absolute Gasteiger partial charge is 0.399 e. The van der Waals surface area contributed by atoms with E-state index >= 15 is 0 Å². The van der Waals surface area contributed by atoms with E-state index in [0.717, 1.165) is 23.3 Å². The minimum atomic E-state index is -4.41. The van der Waals surface area contributed by atoms with Crippen molar-refractivity contribution < 1.29 is 18.0 Å². The number of carbonyl (C=O) groups excluding carboxylic acids is 1. The molecular weight excluding hydrogens is 353 g/mol. The van der Waals surface area contributed by atoms with E-state index in [1.165, 1.54) is 6.07 Å². The van der Waals surface area contributed by atoms with Crippen LogP contribution in [0.4, 0.5) is 18.9 Å². The minimum Gasteiger partial charge on any atom is -0.399 e. The van der Waals surface area contributed by atoms with Gasteiger partial charge in [-0.2, -0.15) is 13.2 Å². The zero-order chi connectivity index (χ0) is 19.4. The molecule has 0 saturated carbocycles. The summed E-state index contributed by atoms with van der Waals surface area (Å²) in [6.07, 6.45) is -4.41. The number of carbonyl (C=O) groups is 1. The predicted octanol–water partition coefficient (Wildman–Crippen LogP) is 4.88. The van der Waals surface area contributed by atoms with Crippen molar-refractivity contribution in [2.24, 2.45) is 0 Å². The van der Waals surface area contributed by atoms with Gasteiger partial charge >= 0.3 is 6.18 Å². The summed E-state index contributed by atoms with van der Waals surface area (Å²) < 4.78 is 38.3. The van der Waals surface area contributed by atoms with Gasteiger partial charge in [0.1, 0.15) is 0 Å². The van der Waals surface area contributed by atoms with Gasteiger partial charge in [0, 0.05) is 17.8 Å². The number of nitrogens with two attached hydrogens (primary N) is 1. The first kappa shape index (κ1) is 18.5. The highest BCUT2D eigenvalue weighted by Crippen LogP contribution is 2.29. The fourth-order valence-electron chi connectivity index (χ4n) is 2.70. The van der Waals surface area contributed by atoms with Crippen molar-refractivity contribution in [1.82, 2.24) is 5.32 Å². The highest BCUT2D eigenvalue weighted by molar-refractivity contribution is 5.95. The molecule has 0 aliphatic rings. The summed E-state index contributed by atoms with van der Waals surface area (Å²) in [5.74, 6) is -0.363. The van der Waals surface area contributed by atoms with Crippen molar-refractivity contribution in [2.75, 3.05) is 5.73 Å². The number of alkyl halides is 3. The van der Waals surface area contributed by atoms with E-state index in [2.05, 4.69) is 5.32 Å². The Morgan fingerprint density at radius 3 is 2.26 bits per heavy atom. The lowest BCUT2D eigenvalue weighted by molar-refractivity contribution is -0.137. The standard InChI is InChI=1S/C21H17F3N2O/c22-21(23,24)18-8-1-4-14(10-18)13-26-20(27)17-7-2-5-15(11-17)16-6-3-9-19(25)12-16/h1-12H,13,25H2,(H,26,27). The van der Waals surface area contributed by atoms with Crippen LogP contribution >= 0.6 is 0 Å². The number of amides is 1. The van der Waals surface area contributed by atoms with Gasteiger partial charge in [0.05, 0.1) is 5.56 Å². The van der Waals surface area contributed by atoms with E-state index in [4.69, 9.17) is 5.73 Å². The molecule has 3 rings (SSSR count). The summed E-state index contributed by atoms with van der Waals surface area (Å²) in [5, 5.41) is 2.65. The second-order valence-corrected chi connectivity index (χ2v) is 6.09. The van der Waals surface area contributed by atoms with Crippen molar-refractivity contribution >= 4 is 11.6 Å². The van der Waals surface area contributed by atoms with Crippen molar-refractivity contribution in [3.8, 4) is 11.1 Å². The van der Waals surface area contributed by atoms with E-state index < -0.39 is 11.7 Å². The molecule has 1 amide bonds. The third-order valence-corrected chi connectivity index (χ3v) is 4.05. The van der Waals surface area contributed by atoms with Gasteiger partial charge in [0.2, 0.25) is 0 Å². The number of hydrogen-bond acceptors (Lipinski definition) is 2. The van der Waals surface area contributed by atoms with Gasteiger partial charge in [-0.25, -0.2) is 0 Å². The van der Waals surface area contributed by atoms with Gasteiger partial charge in [0.25, 0.3) is 5.91 Å². The van der Waals surface area contributed by atoms with Crippen LogP contribution in [0.1, 0.15) is 21.5 Å². The number of benzene rings is 3. The summed E-state index contributed by atoms with van der Waals surface area (Å²) in [4.78, 5) is 12.4. The Morgan fingerprint density at radius 1 is 0.889 bits per heavy atom. The van der Waals surface area contributed by atoms with Crippen molar-refractivity contribution in [3.05, 3.63) is 89.5 Å². The number of nitrogen functional groups attached to an aromatic ring is 1. The molecule has 6 heteroatoms. The Bertz CT molecular complexity index is 967. The van der Waals surface area contributed by atoms with Gasteiger partial charge in [-0.15, -0.1) is 0 Å². The molecule has 0 aliphatic carbocycles. The molecule has 0 fully saturated rings. The first-order valence-electron chi connectivity index (χ1n) is 8.23. The van der Waals surface area contributed by atoms with E-state index in [0.29, 0.717) is 16.8 Å². The van der Waals surface area contributed by atoms with E-state index in [9.17, 15) is 18.0 Å². The van der Waals surface area contributed by atoms with Gasteiger partial charge in [-0.3, -0.25) is 4.79 Å². The molecule has 27 heavy (non-hydrogen) atoms. The van der Waals surface area contributed by atoms with E-state index in [1.807, 2.05) is 18.2 Å². The quantitative estimate of drug-likeness (QED) is 0.643. The fraction of sp³-hybridized carbons (Fsp3) is 0.0952. The topological polar surface area (TPSA) is 55.1 Å². The monoisotopic (exact) mass is 370 g/mol. The maximum Gasteiger partial charge on any atom is 0.416 e. The van der Waals surface area contributed by atoms with E-state index in [1.54, 1.807) is 36.4 Å². The molecule has 0 unspecified atom stereocenters. The Labute approximate surface area is 154 Å². The third-order valence-electron chi connectivity index (χ3n) is 4.05. The van der Waals surface area contributed by atoms with Crippen LogP contribution in [0.2, 0.25) is 0 Å². The Hall–Kier alpha value is -3.28. The molecule has 0 saturated heterocycles. The third kappa shape index (κ3) is 4.67. The lowest BCUT2D eigenvalue weighted by Gasteiger charge is -2.10. The van der Waals surface area contributed by atoms with Crippen LogP contribution in [-0.4, -0.2) is 5.91 Å². The zero-order valence-electron chi connectivity index (χ0n) is 14.3. The molecule has 3 aromatic carbocycles. The average Bonchev–Trinajstić information content (AvgIpc) is 2.66. The number of hydrogen-bond donors (Lipinski definition) is 2. The molecular formula is C21H17F3N2O. The second kappa shape index (κ2) is 7.53. The number of nitrogens with one attached hydrogen (secondary N) is 1. The molecule has 3 aromatic rings. The second-order valence-electron chi connectivity index (χ2n) is 6.09. The van der Waals surface area contributed by atoms with Crippen LogP contribution in [0, 0.1) is 0 Å². The van der Waals surface area contributed by atoms with Gasteiger partial charge < -0.3 is 11.1 Å². The fourth-order valence-corrected chi connectivity index (χ4v) is 2.70. The lowest BCUT2D eigenvalue weighted by atomic mass is 10.0. The molecule has 0 bridgehead atoms. The zero-order valence-corrected chi connectivity index (χ0v) is 14.3. The van der Waals surface area contributed by atoms with Crippen molar-refractivity contribution in [2.45, 2.75) is 12.7 Å². The Kier molecular flexibility index (Phi) is 5.16.